The fraction of sp³-hybridized carbons (Fsp3) is 0.316. The minimum absolute atomic E-state index is 0.765. The number of thiocarbonyl (C=S) groups is 1. The summed E-state index contributed by atoms with van der Waals surface area (Å²) in [4.78, 5) is 3.70. The van der Waals surface area contributed by atoms with Crippen LogP contribution >= 0.6 is 23.8 Å². The maximum absolute atomic E-state index is 6.30. The van der Waals surface area contributed by atoms with Crippen LogP contribution in [0.15, 0.2) is 48.5 Å². The zero-order chi connectivity index (χ0) is 17.6. The second-order valence-electron chi connectivity index (χ2n) is 6.20. The highest BCUT2D eigenvalue weighted by atomic mass is 35.5. The topological polar surface area (TPSA) is 28.9 Å². The number of ether oxygens (including phenoxy) is 1. The lowest BCUT2D eigenvalue weighted by Gasteiger charge is -2.34. The highest BCUT2D eigenvalue weighted by molar-refractivity contribution is 7.80. The summed E-state index contributed by atoms with van der Waals surface area (Å²) in [7, 11) is 1.66. The summed E-state index contributed by atoms with van der Waals surface area (Å²) in [6.07, 6.45) is 1.12. The Morgan fingerprint density at radius 2 is 2.00 bits per heavy atom. The van der Waals surface area contributed by atoms with Crippen LogP contribution in [0, 0.1) is 0 Å². The summed E-state index contributed by atoms with van der Waals surface area (Å²) >= 11 is 11.9. The molecular weight excluding hydrogens is 354 g/mol. The van der Waals surface area contributed by atoms with E-state index in [0.29, 0.717) is 0 Å². The van der Waals surface area contributed by atoms with E-state index >= 15 is 0 Å². The number of benzene rings is 2. The SMILES string of the molecule is COc1ccc(NC(=S)N2CCC[NH+](Cc3ccccc3Cl)C2)cc1. The first-order chi connectivity index (χ1) is 12.2. The highest BCUT2D eigenvalue weighted by Crippen LogP contribution is 2.16. The van der Waals surface area contributed by atoms with Crippen molar-refractivity contribution in [2.24, 2.45) is 0 Å². The molecule has 1 aliphatic heterocycles. The fourth-order valence-electron chi connectivity index (χ4n) is 3.05. The van der Waals surface area contributed by atoms with Crippen LogP contribution in [0.25, 0.3) is 0 Å². The molecule has 1 heterocycles. The Kier molecular flexibility index (Phi) is 6.13. The van der Waals surface area contributed by atoms with Crippen LogP contribution in [0.5, 0.6) is 5.75 Å². The second-order valence-corrected chi connectivity index (χ2v) is 7.00. The number of halogens is 1. The molecule has 1 atom stereocenters. The number of hydrogen-bond donors (Lipinski definition) is 2. The lowest BCUT2D eigenvalue weighted by Crippen LogP contribution is -3.13. The van der Waals surface area contributed by atoms with Gasteiger partial charge in [-0.25, -0.2) is 0 Å². The zero-order valence-corrected chi connectivity index (χ0v) is 15.9. The van der Waals surface area contributed by atoms with E-state index in [2.05, 4.69) is 16.3 Å². The Morgan fingerprint density at radius 1 is 1.24 bits per heavy atom. The van der Waals surface area contributed by atoms with E-state index < -0.39 is 0 Å². The summed E-state index contributed by atoms with van der Waals surface area (Å²) in [5, 5.41) is 4.93. The Morgan fingerprint density at radius 3 is 2.72 bits per heavy atom. The van der Waals surface area contributed by atoms with Crippen molar-refractivity contribution in [1.82, 2.24) is 4.90 Å². The van der Waals surface area contributed by atoms with E-state index in [1.54, 1.807) is 7.11 Å². The maximum atomic E-state index is 6.30. The molecule has 0 saturated carbocycles. The molecule has 132 valence electrons. The standard InChI is InChI=1S/C19H22ClN3OS/c1-24-17-9-7-16(8-10-17)21-19(25)23-12-4-11-22(14-23)13-15-5-2-3-6-18(15)20/h2-3,5-10H,4,11-14H2,1H3,(H,21,25)/p+1. The van der Waals surface area contributed by atoms with Crippen molar-refractivity contribution in [3.63, 3.8) is 0 Å². The van der Waals surface area contributed by atoms with E-state index in [1.165, 1.54) is 10.5 Å². The molecule has 3 rings (SSSR count). The normalized spacial score (nSPS) is 17.2. The van der Waals surface area contributed by atoms with Gasteiger partial charge in [0, 0.05) is 29.2 Å². The zero-order valence-electron chi connectivity index (χ0n) is 14.3. The van der Waals surface area contributed by atoms with Crippen molar-refractivity contribution < 1.29 is 9.64 Å². The molecule has 1 saturated heterocycles. The third-order valence-electron chi connectivity index (χ3n) is 4.40. The highest BCUT2D eigenvalue weighted by Gasteiger charge is 2.23. The number of quaternary nitrogens is 1. The van der Waals surface area contributed by atoms with E-state index in [4.69, 9.17) is 28.6 Å². The molecule has 2 aromatic carbocycles. The molecule has 0 amide bonds. The minimum Gasteiger partial charge on any atom is -0.497 e. The number of nitrogens with one attached hydrogen (secondary N) is 2. The molecule has 4 nitrogen and oxygen atoms in total. The largest absolute Gasteiger partial charge is 0.497 e. The monoisotopic (exact) mass is 376 g/mol. The van der Waals surface area contributed by atoms with Crippen LogP contribution in [0.4, 0.5) is 5.69 Å². The van der Waals surface area contributed by atoms with Crippen molar-refractivity contribution in [2.75, 3.05) is 32.2 Å². The first-order valence-corrected chi connectivity index (χ1v) is 9.21. The average Bonchev–Trinajstić information content (AvgIpc) is 2.64. The van der Waals surface area contributed by atoms with E-state index in [0.717, 1.165) is 54.3 Å². The Bertz CT molecular complexity index is 723. The number of methoxy groups -OCH3 is 1. The number of hydrogen-bond acceptors (Lipinski definition) is 2. The Balaban J connectivity index is 1.58. The second kappa shape index (κ2) is 8.52. The van der Waals surface area contributed by atoms with Gasteiger partial charge in [-0.15, -0.1) is 0 Å². The van der Waals surface area contributed by atoms with Gasteiger partial charge in [0.25, 0.3) is 0 Å². The molecular formula is C19H23ClN3OS+. The van der Waals surface area contributed by atoms with Gasteiger partial charge in [-0.3, -0.25) is 0 Å². The molecule has 0 aliphatic carbocycles. The van der Waals surface area contributed by atoms with E-state index in [9.17, 15) is 0 Å². The molecule has 0 bridgehead atoms. The van der Waals surface area contributed by atoms with Gasteiger partial charge in [0.15, 0.2) is 11.8 Å². The third-order valence-corrected chi connectivity index (χ3v) is 5.13. The van der Waals surface area contributed by atoms with Crippen LogP contribution in [-0.2, 0) is 6.54 Å². The van der Waals surface area contributed by atoms with Crippen LogP contribution < -0.4 is 15.0 Å². The van der Waals surface area contributed by atoms with Gasteiger partial charge in [-0.2, -0.15) is 0 Å². The van der Waals surface area contributed by atoms with Gasteiger partial charge < -0.3 is 19.9 Å². The van der Waals surface area contributed by atoms with Gasteiger partial charge >= 0.3 is 0 Å². The molecule has 0 spiro atoms. The quantitative estimate of drug-likeness (QED) is 0.803. The maximum Gasteiger partial charge on any atom is 0.177 e. The van der Waals surface area contributed by atoms with Gasteiger partial charge in [-0.05, 0) is 42.5 Å². The van der Waals surface area contributed by atoms with Crippen molar-refractivity contribution >= 4 is 34.6 Å². The number of anilines is 1. The first-order valence-electron chi connectivity index (χ1n) is 8.42. The summed E-state index contributed by atoms with van der Waals surface area (Å²) < 4.78 is 5.19. The van der Waals surface area contributed by atoms with Gasteiger partial charge in [0.05, 0.1) is 13.7 Å². The first kappa shape index (κ1) is 18.0. The molecule has 1 unspecified atom stereocenters. The lowest BCUT2D eigenvalue weighted by molar-refractivity contribution is -0.927. The molecule has 1 aliphatic rings. The van der Waals surface area contributed by atoms with Crippen molar-refractivity contribution in [3.05, 3.63) is 59.1 Å². The predicted molar refractivity (Wildman–Crippen MR) is 106 cm³/mol. The molecule has 25 heavy (non-hydrogen) atoms. The van der Waals surface area contributed by atoms with Crippen LogP contribution in [0.2, 0.25) is 5.02 Å². The molecule has 6 heteroatoms. The van der Waals surface area contributed by atoms with Crippen LogP contribution in [-0.4, -0.2) is 36.9 Å². The van der Waals surface area contributed by atoms with Crippen molar-refractivity contribution in [1.29, 1.82) is 0 Å². The molecule has 2 N–H and O–H groups in total. The van der Waals surface area contributed by atoms with Gasteiger partial charge in [-0.1, -0.05) is 29.8 Å². The summed E-state index contributed by atoms with van der Waals surface area (Å²) in [5.74, 6) is 0.838. The Hall–Kier alpha value is -1.82. The summed E-state index contributed by atoms with van der Waals surface area (Å²) in [5.41, 5.74) is 2.17. The third kappa shape index (κ3) is 4.84. The van der Waals surface area contributed by atoms with Crippen molar-refractivity contribution in [3.8, 4) is 5.75 Å². The molecule has 0 aromatic heterocycles. The van der Waals surface area contributed by atoms with Crippen LogP contribution in [0.3, 0.4) is 0 Å². The smallest absolute Gasteiger partial charge is 0.177 e. The van der Waals surface area contributed by atoms with E-state index in [1.807, 2.05) is 42.5 Å². The molecule has 0 radical (unpaired) electrons. The van der Waals surface area contributed by atoms with Gasteiger partial charge in [0.2, 0.25) is 0 Å². The van der Waals surface area contributed by atoms with E-state index in [-0.39, 0.29) is 0 Å². The summed E-state index contributed by atoms with van der Waals surface area (Å²) in [6.45, 7) is 3.91. The molecule has 1 fully saturated rings. The van der Waals surface area contributed by atoms with Crippen LogP contribution in [0.1, 0.15) is 12.0 Å². The minimum atomic E-state index is 0.765. The van der Waals surface area contributed by atoms with Gasteiger partial charge in [0.1, 0.15) is 12.3 Å². The average molecular weight is 377 g/mol. The predicted octanol–water partition coefficient (Wildman–Crippen LogP) is 2.79. The lowest BCUT2D eigenvalue weighted by atomic mass is 10.2. The summed E-state index contributed by atoms with van der Waals surface area (Å²) in [6, 6.07) is 15.9. The van der Waals surface area contributed by atoms with Crippen molar-refractivity contribution in [2.45, 2.75) is 13.0 Å². The number of rotatable bonds is 4. The Labute approximate surface area is 159 Å². The number of nitrogens with zero attached hydrogens (tertiary/aromatic N) is 1. The fourth-order valence-corrected chi connectivity index (χ4v) is 3.53. The molecule has 2 aromatic rings.